The van der Waals surface area contributed by atoms with Crippen molar-refractivity contribution in [2.24, 2.45) is 44.8 Å². The Morgan fingerprint density at radius 2 is 1.30 bits per heavy atom. The van der Waals surface area contributed by atoms with Gasteiger partial charge in [-0.1, -0.05) is 46.3 Å². The molecular weight excluding hydrogens is 728 g/mol. The molecule has 14 heteroatoms. The predicted octanol–water partition coefficient (Wildman–Crippen LogP) is 1.12. The van der Waals surface area contributed by atoms with Crippen molar-refractivity contribution in [3.05, 3.63) is 11.6 Å². The van der Waals surface area contributed by atoms with Gasteiger partial charge in [0.15, 0.2) is 12.6 Å². The molecule has 4 aliphatic carbocycles. The Bertz CT molecular complexity index is 1380. The van der Waals surface area contributed by atoms with Gasteiger partial charge in [0.25, 0.3) is 0 Å². The van der Waals surface area contributed by atoms with Crippen LogP contribution in [0.3, 0.4) is 0 Å². The first-order valence-corrected chi connectivity index (χ1v) is 21.1. The molecule has 6 fully saturated rings. The largest absolute Gasteiger partial charge is 0.396 e. The molecule has 324 valence electrons. The van der Waals surface area contributed by atoms with Crippen LogP contribution in [0.4, 0.5) is 0 Å². The maximum atomic E-state index is 12.2. The molecular formula is C42H72O14. The van der Waals surface area contributed by atoms with E-state index in [0.29, 0.717) is 25.2 Å². The molecule has 2 heterocycles. The molecule has 56 heavy (non-hydrogen) atoms. The van der Waals surface area contributed by atoms with Crippen LogP contribution >= 0.6 is 0 Å². The fourth-order valence-electron chi connectivity index (χ4n) is 13.3. The summed E-state index contributed by atoms with van der Waals surface area (Å²) in [7, 11) is 0. The zero-order valence-corrected chi connectivity index (χ0v) is 34.2. The van der Waals surface area contributed by atoms with E-state index in [0.717, 1.165) is 50.5 Å². The lowest BCUT2D eigenvalue weighted by Gasteiger charge is -2.72. The number of allylic oxidation sites excluding steroid dienone is 1. The minimum Gasteiger partial charge on any atom is -0.396 e. The molecule has 0 aromatic heterocycles. The minimum atomic E-state index is -1.75. The second-order valence-electron chi connectivity index (χ2n) is 19.9. The number of aliphatic hydroxyl groups is 10. The molecule has 0 amide bonds. The zero-order chi connectivity index (χ0) is 41.2. The second kappa shape index (κ2) is 16.6. The highest BCUT2D eigenvalue weighted by Gasteiger charge is 2.70. The van der Waals surface area contributed by atoms with E-state index in [9.17, 15) is 51.1 Å². The van der Waals surface area contributed by atoms with Gasteiger partial charge < -0.3 is 70.0 Å². The van der Waals surface area contributed by atoms with Gasteiger partial charge in [0.05, 0.1) is 38.6 Å². The molecule has 2 aliphatic heterocycles. The monoisotopic (exact) mass is 800 g/mol. The van der Waals surface area contributed by atoms with Crippen LogP contribution in [0.5, 0.6) is 0 Å². The number of hydrogen-bond donors (Lipinski definition) is 10. The Hall–Kier alpha value is -0.820. The van der Waals surface area contributed by atoms with Crippen molar-refractivity contribution in [3.8, 4) is 0 Å². The summed E-state index contributed by atoms with van der Waals surface area (Å²) in [5, 5.41) is 106. The Morgan fingerprint density at radius 3 is 1.93 bits per heavy atom. The fraction of sp³-hybridized carbons (Fsp3) is 0.952. The van der Waals surface area contributed by atoms with Crippen LogP contribution in [0.25, 0.3) is 0 Å². The average Bonchev–Trinajstić information content (AvgIpc) is 3.16. The van der Waals surface area contributed by atoms with Crippen molar-refractivity contribution in [3.63, 3.8) is 0 Å². The summed E-state index contributed by atoms with van der Waals surface area (Å²) < 4.78 is 24.4. The number of rotatable bonds is 11. The maximum Gasteiger partial charge on any atom is 0.187 e. The van der Waals surface area contributed by atoms with Gasteiger partial charge in [0.1, 0.15) is 48.8 Å². The van der Waals surface area contributed by atoms with E-state index in [1.807, 2.05) is 13.0 Å². The second-order valence-corrected chi connectivity index (χ2v) is 19.9. The highest BCUT2D eigenvalue weighted by molar-refractivity contribution is 5.18. The summed E-state index contributed by atoms with van der Waals surface area (Å²) in [6.45, 7) is 12.2. The minimum absolute atomic E-state index is 0.00480. The molecule has 0 spiro atoms. The molecule has 10 N–H and O–H groups in total. The van der Waals surface area contributed by atoms with Crippen molar-refractivity contribution in [1.29, 1.82) is 0 Å². The summed E-state index contributed by atoms with van der Waals surface area (Å²) in [6.07, 6.45) is -5.77. The third-order valence-electron chi connectivity index (χ3n) is 17.0. The van der Waals surface area contributed by atoms with Crippen molar-refractivity contribution < 1.29 is 70.0 Å². The molecule has 0 bridgehead atoms. The number of ether oxygens (including phenoxy) is 4. The summed E-state index contributed by atoms with van der Waals surface area (Å²) in [6, 6.07) is 0. The summed E-state index contributed by atoms with van der Waals surface area (Å²) in [5.74, 6) is 0.671. The molecule has 0 aromatic rings. The highest BCUT2D eigenvalue weighted by Crippen LogP contribution is 2.75. The van der Waals surface area contributed by atoms with Crippen LogP contribution in [-0.4, -0.2) is 151 Å². The molecule has 2 saturated heterocycles. The third kappa shape index (κ3) is 7.16. The molecule has 4 saturated carbocycles. The number of fused-ring (bicyclic) bond motifs is 5. The van der Waals surface area contributed by atoms with Gasteiger partial charge in [-0.3, -0.25) is 0 Å². The lowest BCUT2D eigenvalue weighted by atomic mass is 9.33. The van der Waals surface area contributed by atoms with Crippen LogP contribution in [0.1, 0.15) is 106 Å². The van der Waals surface area contributed by atoms with E-state index < -0.39 is 97.7 Å². The first-order valence-electron chi connectivity index (χ1n) is 21.1. The molecule has 6 aliphatic rings. The topological polar surface area (TPSA) is 239 Å². The Kier molecular flexibility index (Phi) is 13.2. The van der Waals surface area contributed by atoms with Crippen LogP contribution < -0.4 is 0 Å². The van der Waals surface area contributed by atoms with E-state index in [4.69, 9.17) is 18.9 Å². The molecule has 6 rings (SSSR count). The SMILES string of the molecule is CC(=CCC[C@]1(CO)CC[C@]2(C)[C@H](CC[C@@H]3[C@@]4(C)CC[C@H](OC5OC(CO)C(O)C(O)C5OC5OC(CO)C(O)C(O)C5O)C(C)(C)[C@@H]4CC[C@]32C)[C@H]1O)CO. The molecule has 0 aromatic carbocycles. The van der Waals surface area contributed by atoms with Gasteiger partial charge in [-0.2, -0.15) is 0 Å². The summed E-state index contributed by atoms with van der Waals surface area (Å²) in [5.41, 5.74) is -0.313. The van der Waals surface area contributed by atoms with E-state index in [1.54, 1.807) is 0 Å². The van der Waals surface area contributed by atoms with Gasteiger partial charge in [-0.15, -0.1) is 0 Å². The zero-order valence-electron chi connectivity index (χ0n) is 34.2. The van der Waals surface area contributed by atoms with Crippen molar-refractivity contribution >= 4 is 0 Å². The Morgan fingerprint density at radius 1 is 0.661 bits per heavy atom. The fourth-order valence-corrected chi connectivity index (χ4v) is 13.3. The number of hydrogen-bond acceptors (Lipinski definition) is 14. The summed E-state index contributed by atoms with van der Waals surface area (Å²) in [4.78, 5) is 0. The predicted molar refractivity (Wildman–Crippen MR) is 202 cm³/mol. The first-order chi connectivity index (χ1) is 26.3. The van der Waals surface area contributed by atoms with Gasteiger partial charge >= 0.3 is 0 Å². The van der Waals surface area contributed by atoms with Crippen LogP contribution in [0, 0.1) is 44.8 Å². The highest BCUT2D eigenvalue weighted by atomic mass is 16.8. The van der Waals surface area contributed by atoms with Crippen LogP contribution in [-0.2, 0) is 18.9 Å². The van der Waals surface area contributed by atoms with Gasteiger partial charge in [-0.05, 0) is 111 Å². The van der Waals surface area contributed by atoms with Gasteiger partial charge in [0, 0.05) is 5.41 Å². The maximum absolute atomic E-state index is 12.2. The van der Waals surface area contributed by atoms with Crippen molar-refractivity contribution in [2.45, 2.75) is 179 Å². The van der Waals surface area contributed by atoms with Crippen LogP contribution in [0.2, 0.25) is 0 Å². The average molecular weight is 801 g/mol. The van der Waals surface area contributed by atoms with E-state index in [1.165, 1.54) is 0 Å². The van der Waals surface area contributed by atoms with Gasteiger partial charge in [0.2, 0.25) is 0 Å². The summed E-state index contributed by atoms with van der Waals surface area (Å²) >= 11 is 0. The number of aliphatic hydroxyl groups excluding tert-OH is 10. The van der Waals surface area contributed by atoms with Crippen molar-refractivity contribution in [2.75, 3.05) is 26.4 Å². The molecule has 19 atom stereocenters. The molecule has 14 nitrogen and oxygen atoms in total. The molecule has 0 radical (unpaired) electrons. The van der Waals surface area contributed by atoms with E-state index >= 15 is 0 Å². The Balaban J connectivity index is 1.21. The van der Waals surface area contributed by atoms with Crippen LogP contribution in [0.15, 0.2) is 11.6 Å². The van der Waals surface area contributed by atoms with Crippen molar-refractivity contribution in [1.82, 2.24) is 0 Å². The first kappa shape index (κ1) is 44.7. The van der Waals surface area contributed by atoms with E-state index in [-0.39, 0.29) is 41.3 Å². The third-order valence-corrected chi connectivity index (χ3v) is 17.0. The Labute approximate surface area is 331 Å². The standard InChI is InChI=1S/C42H72O14/c1-22(18-43)8-7-13-42(21-46)17-16-40(5)23(35(42)52)9-10-27-39(4)14-12-28(38(2,3)26(39)11-15-41(27,40)6)55-37-34(32(50)30(48)25(20-45)54-37)56-36-33(51)31(49)29(47)24(19-44)53-36/h8,23-37,43-52H,7,9-21H2,1-6H3/t23-,24?,25?,26+,27-,28+,29?,30?,31?,32?,33?,34?,35-,36?,37?,39+,40-,41-,42-/m1/s1. The van der Waals surface area contributed by atoms with E-state index in [2.05, 4.69) is 34.6 Å². The quantitative estimate of drug-likeness (QED) is 0.104. The lowest BCUT2D eigenvalue weighted by molar-refractivity contribution is -0.378. The van der Waals surface area contributed by atoms with Gasteiger partial charge in [-0.25, -0.2) is 0 Å². The normalized spacial score (nSPS) is 52.1. The lowest BCUT2D eigenvalue weighted by Crippen LogP contribution is -2.68. The smallest absolute Gasteiger partial charge is 0.187 e. The molecule has 10 unspecified atom stereocenters.